The van der Waals surface area contributed by atoms with Crippen molar-refractivity contribution in [2.45, 2.75) is 6.92 Å². The number of carbonyl (C=O) groups excluding carboxylic acids is 2. The predicted molar refractivity (Wildman–Crippen MR) is 91.2 cm³/mol. The summed E-state index contributed by atoms with van der Waals surface area (Å²) in [6.45, 7) is 1.64. The van der Waals surface area contributed by atoms with Crippen molar-refractivity contribution in [3.8, 4) is 11.5 Å². The lowest BCUT2D eigenvalue weighted by atomic mass is 10.1. The topological polar surface area (TPSA) is 57.5 Å². The van der Waals surface area contributed by atoms with Gasteiger partial charge in [0.05, 0.1) is 12.6 Å². The number of para-hydroxylation sites is 1. The highest BCUT2D eigenvalue weighted by atomic mass is 16.5. The van der Waals surface area contributed by atoms with E-state index in [0.29, 0.717) is 22.5 Å². The summed E-state index contributed by atoms with van der Waals surface area (Å²) in [7, 11) is 1.59. The third-order valence-corrected chi connectivity index (χ3v) is 3.95. The second-order valence-electron chi connectivity index (χ2n) is 5.33. The van der Waals surface area contributed by atoms with Gasteiger partial charge < -0.3 is 9.47 Å². The zero-order valence-corrected chi connectivity index (χ0v) is 13.5. The maximum absolute atomic E-state index is 12.6. The molecule has 0 aliphatic heterocycles. The number of hydrogen-bond donors (Lipinski definition) is 0. The fourth-order valence-electron chi connectivity index (χ4n) is 2.74. The van der Waals surface area contributed by atoms with Crippen molar-refractivity contribution in [1.82, 2.24) is 4.57 Å². The summed E-state index contributed by atoms with van der Waals surface area (Å²) in [5, 5.41) is 0.766. The first-order valence-electron chi connectivity index (χ1n) is 7.51. The number of aromatic nitrogens is 1. The first-order chi connectivity index (χ1) is 11.7. The molecule has 5 heteroatoms. The molecular weight excluding hydrogens is 306 g/mol. The highest BCUT2D eigenvalue weighted by Crippen LogP contribution is 2.24. The van der Waals surface area contributed by atoms with Gasteiger partial charge in [0, 0.05) is 16.6 Å². The van der Waals surface area contributed by atoms with Crippen LogP contribution in [0.5, 0.6) is 11.5 Å². The predicted octanol–water partition coefficient (Wildman–Crippen LogP) is 3.49. The maximum atomic E-state index is 12.6. The Morgan fingerprint density at radius 2 is 1.75 bits per heavy atom. The molecule has 0 spiro atoms. The average molecular weight is 323 g/mol. The van der Waals surface area contributed by atoms with Gasteiger partial charge in [-0.2, -0.15) is 0 Å². The fraction of sp³-hybridized carbons (Fsp3) is 0.158. The van der Waals surface area contributed by atoms with Crippen LogP contribution in [0.3, 0.4) is 0 Å². The molecule has 5 nitrogen and oxygen atoms in total. The van der Waals surface area contributed by atoms with Gasteiger partial charge in [-0.1, -0.05) is 18.2 Å². The summed E-state index contributed by atoms with van der Waals surface area (Å²) in [4.78, 5) is 24.0. The van der Waals surface area contributed by atoms with Crippen LogP contribution in [-0.4, -0.2) is 30.5 Å². The molecule has 0 N–H and O–H groups in total. The van der Waals surface area contributed by atoms with Crippen LogP contribution >= 0.6 is 0 Å². The molecule has 122 valence electrons. The van der Waals surface area contributed by atoms with E-state index in [9.17, 15) is 9.59 Å². The molecule has 3 aromatic rings. The molecule has 0 fully saturated rings. The van der Waals surface area contributed by atoms with Gasteiger partial charge in [0.2, 0.25) is 0 Å². The molecule has 0 saturated heterocycles. The van der Waals surface area contributed by atoms with Crippen molar-refractivity contribution in [1.29, 1.82) is 0 Å². The van der Waals surface area contributed by atoms with Crippen molar-refractivity contribution in [3.63, 3.8) is 0 Å². The van der Waals surface area contributed by atoms with Crippen LogP contribution in [0.15, 0.2) is 48.5 Å². The molecule has 0 radical (unpaired) electrons. The van der Waals surface area contributed by atoms with Crippen molar-refractivity contribution < 1.29 is 19.1 Å². The lowest BCUT2D eigenvalue weighted by Crippen LogP contribution is -2.20. The van der Waals surface area contributed by atoms with E-state index in [0.717, 1.165) is 17.4 Å². The third-order valence-electron chi connectivity index (χ3n) is 3.95. The smallest absolute Gasteiger partial charge is 0.269 e. The van der Waals surface area contributed by atoms with Crippen LogP contribution in [0.1, 0.15) is 20.8 Å². The number of methoxy groups -OCH3 is 1. The first-order valence-corrected chi connectivity index (χ1v) is 7.51. The molecule has 0 atom stereocenters. The van der Waals surface area contributed by atoms with Gasteiger partial charge in [-0.25, -0.2) is 0 Å². The number of ether oxygens (including phenoxy) is 2. The number of benzene rings is 2. The van der Waals surface area contributed by atoms with Crippen LogP contribution in [0.25, 0.3) is 10.9 Å². The highest BCUT2D eigenvalue weighted by molar-refractivity contribution is 6.04. The Morgan fingerprint density at radius 3 is 2.42 bits per heavy atom. The van der Waals surface area contributed by atoms with Crippen LogP contribution in [0.4, 0.5) is 0 Å². The molecule has 0 aliphatic carbocycles. The molecule has 0 saturated carbocycles. The van der Waals surface area contributed by atoms with Crippen LogP contribution in [0.2, 0.25) is 0 Å². The fourth-order valence-corrected chi connectivity index (χ4v) is 2.74. The minimum Gasteiger partial charge on any atom is -0.497 e. The number of fused-ring (bicyclic) bond motifs is 1. The number of aldehydes is 1. The van der Waals surface area contributed by atoms with E-state index < -0.39 is 0 Å². The van der Waals surface area contributed by atoms with E-state index in [2.05, 4.69) is 0 Å². The Hall–Kier alpha value is -3.08. The van der Waals surface area contributed by atoms with Crippen LogP contribution < -0.4 is 9.47 Å². The molecule has 0 bridgehead atoms. The Bertz CT molecular complexity index is 894. The molecular formula is C19H17NO4. The van der Waals surface area contributed by atoms with Gasteiger partial charge in [0.25, 0.3) is 5.91 Å². The summed E-state index contributed by atoms with van der Waals surface area (Å²) in [6.07, 6.45) is 0.784. The van der Waals surface area contributed by atoms with Crippen LogP contribution in [-0.2, 0) is 0 Å². The van der Waals surface area contributed by atoms with Crippen LogP contribution in [0, 0.1) is 6.92 Å². The summed E-state index contributed by atoms with van der Waals surface area (Å²) in [5.74, 6) is 1.07. The summed E-state index contributed by atoms with van der Waals surface area (Å²) < 4.78 is 12.2. The second kappa shape index (κ2) is 6.58. The SMILES string of the molecule is COc1ccc(OCC(=O)n2c(C)c(C=O)c3ccccc32)cc1. The standard InChI is InChI=1S/C19H17NO4/c1-13-17(11-21)16-5-3-4-6-18(16)20(13)19(22)12-24-15-9-7-14(23-2)8-10-15/h3-11H,12H2,1-2H3. The van der Waals surface area contributed by atoms with E-state index in [1.54, 1.807) is 38.3 Å². The minimum absolute atomic E-state index is 0.121. The van der Waals surface area contributed by atoms with Crippen molar-refractivity contribution in [2.75, 3.05) is 13.7 Å². The molecule has 0 amide bonds. The van der Waals surface area contributed by atoms with E-state index in [1.165, 1.54) is 4.57 Å². The van der Waals surface area contributed by atoms with Gasteiger partial charge >= 0.3 is 0 Å². The number of carbonyl (C=O) groups is 2. The Balaban J connectivity index is 1.86. The molecule has 3 rings (SSSR count). The van der Waals surface area contributed by atoms with Gasteiger partial charge in [0.15, 0.2) is 12.9 Å². The van der Waals surface area contributed by atoms with E-state index >= 15 is 0 Å². The summed E-state index contributed by atoms with van der Waals surface area (Å²) >= 11 is 0. The molecule has 1 aromatic heterocycles. The molecule has 24 heavy (non-hydrogen) atoms. The van der Waals surface area contributed by atoms with Gasteiger partial charge in [-0.05, 0) is 37.3 Å². The van der Waals surface area contributed by atoms with Gasteiger partial charge in [-0.15, -0.1) is 0 Å². The Morgan fingerprint density at radius 1 is 1.08 bits per heavy atom. The van der Waals surface area contributed by atoms with Crippen molar-refractivity contribution in [2.24, 2.45) is 0 Å². The molecule has 0 unspecified atom stereocenters. The number of rotatable bonds is 5. The van der Waals surface area contributed by atoms with Gasteiger partial charge in [0.1, 0.15) is 11.5 Å². The summed E-state index contributed by atoms with van der Waals surface area (Å²) in [5.41, 5.74) is 1.86. The van der Waals surface area contributed by atoms with E-state index in [4.69, 9.17) is 9.47 Å². The lowest BCUT2D eigenvalue weighted by molar-refractivity contribution is 0.0841. The quantitative estimate of drug-likeness (QED) is 0.674. The maximum Gasteiger partial charge on any atom is 0.269 e. The molecule has 2 aromatic carbocycles. The Labute approximate surface area is 139 Å². The third kappa shape index (κ3) is 2.76. The largest absolute Gasteiger partial charge is 0.497 e. The lowest BCUT2D eigenvalue weighted by Gasteiger charge is -2.09. The number of hydrogen-bond acceptors (Lipinski definition) is 4. The monoisotopic (exact) mass is 323 g/mol. The van der Waals surface area contributed by atoms with Crippen molar-refractivity contribution >= 4 is 23.1 Å². The zero-order chi connectivity index (χ0) is 17.1. The van der Waals surface area contributed by atoms with E-state index in [1.807, 2.05) is 24.3 Å². The van der Waals surface area contributed by atoms with E-state index in [-0.39, 0.29) is 12.5 Å². The minimum atomic E-state index is -0.229. The average Bonchev–Trinajstić information content (AvgIpc) is 2.91. The van der Waals surface area contributed by atoms with Crippen molar-refractivity contribution in [3.05, 3.63) is 59.8 Å². The molecule has 0 aliphatic rings. The zero-order valence-electron chi connectivity index (χ0n) is 13.5. The Kier molecular flexibility index (Phi) is 4.33. The number of nitrogens with zero attached hydrogens (tertiary/aromatic N) is 1. The molecule has 1 heterocycles. The normalized spacial score (nSPS) is 10.6. The summed E-state index contributed by atoms with van der Waals surface area (Å²) in [6, 6.07) is 14.3. The highest BCUT2D eigenvalue weighted by Gasteiger charge is 2.18. The first kappa shape index (κ1) is 15.8. The second-order valence-corrected chi connectivity index (χ2v) is 5.33. The van der Waals surface area contributed by atoms with Gasteiger partial charge in [-0.3, -0.25) is 14.2 Å².